The Labute approximate surface area is 192 Å². The molecule has 168 valence electrons. The number of benzene rings is 3. The molecule has 0 bridgehead atoms. The predicted molar refractivity (Wildman–Crippen MR) is 128 cm³/mol. The molecule has 0 aromatic heterocycles. The Bertz CT molecular complexity index is 1250. The molecule has 6 heteroatoms. The third-order valence-corrected chi connectivity index (χ3v) is 5.57. The van der Waals surface area contributed by atoms with Crippen molar-refractivity contribution in [3.63, 3.8) is 0 Å². The molecule has 1 aliphatic rings. The summed E-state index contributed by atoms with van der Waals surface area (Å²) in [6, 6.07) is 18.4. The molecule has 3 aromatic rings. The first kappa shape index (κ1) is 22.3. The highest BCUT2D eigenvalue weighted by atomic mass is 19.1. The van der Waals surface area contributed by atoms with Gasteiger partial charge in [0.1, 0.15) is 17.3 Å². The van der Waals surface area contributed by atoms with E-state index in [0.717, 1.165) is 22.4 Å². The highest BCUT2D eigenvalue weighted by Gasteiger charge is 2.41. The van der Waals surface area contributed by atoms with Crippen LogP contribution in [0, 0.1) is 19.7 Å². The van der Waals surface area contributed by atoms with Crippen molar-refractivity contribution in [1.82, 2.24) is 0 Å². The van der Waals surface area contributed by atoms with Gasteiger partial charge in [-0.15, -0.1) is 0 Å². The fraction of sp³-hybridized carbons (Fsp3) is 0.185. The summed E-state index contributed by atoms with van der Waals surface area (Å²) < 4.78 is 20.2. The highest BCUT2D eigenvalue weighted by molar-refractivity contribution is 6.46. The van der Waals surface area contributed by atoms with Gasteiger partial charge in [0.15, 0.2) is 0 Å². The van der Waals surface area contributed by atoms with Crippen LogP contribution in [0.3, 0.4) is 0 Å². The lowest BCUT2D eigenvalue weighted by Gasteiger charge is -2.16. The molecule has 0 aliphatic carbocycles. The summed E-state index contributed by atoms with van der Waals surface area (Å²) in [4.78, 5) is 27.8. The number of nitrogens with zero attached hydrogens (tertiary/aromatic N) is 1. The van der Waals surface area contributed by atoms with Crippen LogP contribution in [0.15, 0.2) is 72.4 Å². The smallest absolute Gasteiger partial charge is 0.282 e. The zero-order valence-corrected chi connectivity index (χ0v) is 18.8. The molecule has 3 aromatic carbocycles. The largest absolute Gasteiger partial charge is 0.494 e. The highest BCUT2D eigenvalue weighted by Crippen LogP contribution is 2.35. The van der Waals surface area contributed by atoms with Gasteiger partial charge < -0.3 is 10.1 Å². The van der Waals surface area contributed by atoms with Crippen LogP contribution in [0.1, 0.15) is 30.0 Å². The third kappa shape index (κ3) is 4.37. The summed E-state index contributed by atoms with van der Waals surface area (Å²) in [6.45, 7) is 6.57. The lowest BCUT2D eigenvalue weighted by Crippen LogP contribution is -2.33. The molecule has 1 aliphatic heterocycles. The fourth-order valence-electron chi connectivity index (χ4n) is 3.67. The molecule has 0 saturated carbocycles. The monoisotopic (exact) mass is 444 g/mol. The predicted octanol–water partition coefficient (Wildman–Crippen LogP) is 5.63. The number of para-hydroxylation sites is 1. The van der Waals surface area contributed by atoms with Crippen molar-refractivity contribution in [3.8, 4) is 5.75 Å². The quantitative estimate of drug-likeness (QED) is 0.480. The van der Waals surface area contributed by atoms with Crippen LogP contribution in [0.25, 0.3) is 5.57 Å². The van der Waals surface area contributed by atoms with Crippen LogP contribution < -0.4 is 15.0 Å². The van der Waals surface area contributed by atoms with E-state index >= 15 is 0 Å². The number of hydrogen-bond acceptors (Lipinski definition) is 4. The summed E-state index contributed by atoms with van der Waals surface area (Å²) in [5.74, 6) is -1.16. The first-order chi connectivity index (χ1) is 15.9. The van der Waals surface area contributed by atoms with Crippen LogP contribution in [0.2, 0.25) is 0 Å². The lowest BCUT2D eigenvalue weighted by molar-refractivity contribution is -0.120. The molecule has 4 rings (SSSR count). The van der Waals surface area contributed by atoms with Gasteiger partial charge in [-0.2, -0.15) is 0 Å². The molecule has 0 fully saturated rings. The molecule has 1 heterocycles. The summed E-state index contributed by atoms with van der Waals surface area (Å²) in [5.41, 5.74) is 3.58. The van der Waals surface area contributed by atoms with E-state index in [1.807, 2.05) is 39.0 Å². The van der Waals surface area contributed by atoms with Gasteiger partial charge in [0.05, 0.1) is 17.9 Å². The van der Waals surface area contributed by atoms with E-state index in [0.29, 0.717) is 23.6 Å². The van der Waals surface area contributed by atoms with Gasteiger partial charge in [0.2, 0.25) is 0 Å². The second-order valence-electron chi connectivity index (χ2n) is 7.94. The molecular formula is C27H25FN2O3. The average molecular weight is 445 g/mol. The number of aryl methyl sites for hydroxylation is 2. The van der Waals surface area contributed by atoms with Crippen molar-refractivity contribution in [2.45, 2.75) is 27.2 Å². The van der Waals surface area contributed by atoms with Crippen molar-refractivity contribution in [2.75, 3.05) is 16.8 Å². The molecule has 33 heavy (non-hydrogen) atoms. The van der Waals surface area contributed by atoms with Crippen molar-refractivity contribution < 1.29 is 18.7 Å². The minimum atomic E-state index is -0.644. The number of nitrogens with one attached hydrogen (secondary N) is 1. The Morgan fingerprint density at radius 2 is 1.64 bits per heavy atom. The summed E-state index contributed by atoms with van der Waals surface area (Å²) in [7, 11) is 0. The maximum Gasteiger partial charge on any atom is 0.282 e. The Balaban J connectivity index is 1.78. The topological polar surface area (TPSA) is 58.6 Å². The number of anilines is 2. The molecule has 0 unspecified atom stereocenters. The van der Waals surface area contributed by atoms with Gasteiger partial charge in [0.25, 0.3) is 11.8 Å². The normalized spacial score (nSPS) is 13.6. The van der Waals surface area contributed by atoms with Crippen molar-refractivity contribution in [1.29, 1.82) is 0 Å². The van der Waals surface area contributed by atoms with E-state index in [1.165, 1.54) is 18.2 Å². The van der Waals surface area contributed by atoms with Gasteiger partial charge >= 0.3 is 0 Å². The van der Waals surface area contributed by atoms with Crippen molar-refractivity contribution >= 4 is 28.8 Å². The number of amides is 2. The molecular weight excluding hydrogens is 419 g/mol. The minimum absolute atomic E-state index is 0.0789. The molecule has 0 saturated heterocycles. The molecule has 5 nitrogen and oxygen atoms in total. The van der Waals surface area contributed by atoms with E-state index in [9.17, 15) is 14.0 Å². The van der Waals surface area contributed by atoms with Crippen LogP contribution in [-0.4, -0.2) is 18.4 Å². The van der Waals surface area contributed by atoms with Gasteiger partial charge in [-0.1, -0.05) is 37.3 Å². The number of hydrogen-bond donors (Lipinski definition) is 1. The van der Waals surface area contributed by atoms with Gasteiger partial charge in [0, 0.05) is 5.69 Å². The molecule has 0 spiro atoms. The van der Waals surface area contributed by atoms with E-state index in [4.69, 9.17) is 4.74 Å². The van der Waals surface area contributed by atoms with Crippen LogP contribution in [0.5, 0.6) is 5.75 Å². The van der Waals surface area contributed by atoms with E-state index in [-0.39, 0.29) is 17.0 Å². The first-order valence-electron chi connectivity index (χ1n) is 10.9. The van der Waals surface area contributed by atoms with E-state index in [2.05, 4.69) is 5.32 Å². The Morgan fingerprint density at radius 1 is 0.909 bits per heavy atom. The summed E-state index contributed by atoms with van der Waals surface area (Å²) in [5, 5.41) is 3.12. The van der Waals surface area contributed by atoms with Gasteiger partial charge in [-0.05, 0) is 73.4 Å². The number of rotatable bonds is 7. The zero-order chi connectivity index (χ0) is 23.5. The number of carbonyl (C=O) groups is 2. The average Bonchev–Trinajstić information content (AvgIpc) is 3.05. The van der Waals surface area contributed by atoms with Crippen LogP contribution in [-0.2, 0) is 9.59 Å². The first-order valence-corrected chi connectivity index (χ1v) is 10.9. The molecule has 0 atom stereocenters. The summed E-state index contributed by atoms with van der Waals surface area (Å²) >= 11 is 0. The number of ether oxygens (including phenoxy) is 1. The molecule has 2 amide bonds. The standard InChI is InChI=1S/C27H25FN2O3/c1-4-15-33-21-13-10-19(11-14-21)24-25(29-20-12-9-17(2)18(3)16-20)27(32)30(26(24)31)23-8-6-5-7-22(23)28/h5-14,16,29H,4,15H2,1-3H3. The Hall–Kier alpha value is -3.93. The zero-order valence-electron chi connectivity index (χ0n) is 18.8. The molecule has 1 N–H and O–H groups in total. The van der Waals surface area contributed by atoms with Crippen LogP contribution in [0.4, 0.5) is 15.8 Å². The fourth-order valence-corrected chi connectivity index (χ4v) is 3.67. The second-order valence-corrected chi connectivity index (χ2v) is 7.94. The Morgan fingerprint density at radius 3 is 2.30 bits per heavy atom. The van der Waals surface area contributed by atoms with Gasteiger partial charge in [-0.3, -0.25) is 9.59 Å². The van der Waals surface area contributed by atoms with Crippen molar-refractivity contribution in [3.05, 3.63) is 94.9 Å². The SMILES string of the molecule is CCCOc1ccc(C2=C(Nc3ccc(C)c(C)c3)C(=O)N(c3ccccc3F)C2=O)cc1. The number of halogens is 1. The van der Waals surface area contributed by atoms with Crippen LogP contribution >= 0.6 is 0 Å². The Kier molecular flexibility index (Phi) is 6.27. The van der Waals surface area contributed by atoms with Crippen molar-refractivity contribution in [2.24, 2.45) is 0 Å². The third-order valence-electron chi connectivity index (χ3n) is 5.57. The maximum absolute atomic E-state index is 14.5. The number of carbonyl (C=O) groups excluding carboxylic acids is 2. The van der Waals surface area contributed by atoms with Gasteiger partial charge in [-0.25, -0.2) is 9.29 Å². The number of imide groups is 1. The minimum Gasteiger partial charge on any atom is -0.494 e. The maximum atomic E-state index is 14.5. The summed E-state index contributed by atoms with van der Waals surface area (Å²) in [6.07, 6.45) is 0.877. The lowest BCUT2D eigenvalue weighted by atomic mass is 10.0. The second kappa shape index (κ2) is 9.28. The van der Waals surface area contributed by atoms with E-state index in [1.54, 1.807) is 30.3 Å². The van der Waals surface area contributed by atoms with E-state index < -0.39 is 17.6 Å². The molecule has 0 radical (unpaired) electrons.